The van der Waals surface area contributed by atoms with Gasteiger partial charge in [0.2, 0.25) is 0 Å². The van der Waals surface area contributed by atoms with Gasteiger partial charge in [-0.2, -0.15) is 0 Å². The Balaban J connectivity index is 1.05. The van der Waals surface area contributed by atoms with Crippen LogP contribution in [0, 0.1) is 12.1 Å². The summed E-state index contributed by atoms with van der Waals surface area (Å²) in [6, 6.07) is 87.8. The van der Waals surface area contributed by atoms with Crippen molar-refractivity contribution in [3.8, 4) is 73.7 Å². The highest BCUT2D eigenvalue weighted by Crippen LogP contribution is 2.45. The van der Waals surface area contributed by atoms with Crippen LogP contribution in [0.4, 0.5) is 0 Å². The normalized spacial score (nSPS) is 11.6. The molecule has 0 radical (unpaired) electrons. The molecule has 0 aliphatic carbocycles. The lowest BCUT2D eigenvalue weighted by Crippen LogP contribution is -2.05. The van der Waals surface area contributed by atoms with Crippen LogP contribution in [0.2, 0.25) is 0 Å². The Kier molecular flexibility index (Phi) is 9.62. The van der Waals surface area contributed by atoms with Gasteiger partial charge in [0.05, 0.1) is 38.8 Å². The van der Waals surface area contributed by atoms with E-state index in [-0.39, 0.29) is 0 Å². The number of rotatable bonds is 8. The molecule has 0 saturated carbocycles. The Labute approximate surface area is 430 Å². The molecule has 75 heavy (non-hydrogen) atoms. The third kappa shape index (κ3) is 6.83. The van der Waals surface area contributed by atoms with Crippen LogP contribution in [0.5, 0.6) is 0 Å². The van der Waals surface area contributed by atoms with Crippen LogP contribution < -0.4 is 0 Å². The summed E-state index contributed by atoms with van der Waals surface area (Å²) >= 11 is 0. The van der Waals surface area contributed by atoms with E-state index in [1.807, 2.05) is 48.5 Å². The lowest BCUT2D eigenvalue weighted by Gasteiger charge is -2.21. The van der Waals surface area contributed by atoms with E-state index in [9.17, 15) is 0 Å². The van der Waals surface area contributed by atoms with Crippen molar-refractivity contribution < 1.29 is 0 Å². The second kappa shape index (κ2) is 17.1. The van der Waals surface area contributed by atoms with Gasteiger partial charge in [-0.25, -0.2) is 15.0 Å². The van der Waals surface area contributed by atoms with E-state index in [0.717, 1.165) is 88.8 Å². The molecule has 0 aliphatic rings. The van der Waals surface area contributed by atoms with Gasteiger partial charge in [0.1, 0.15) is 11.4 Å². The predicted molar refractivity (Wildman–Crippen MR) is 303 cm³/mol. The third-order valence-corrected chi connectivity index (χ3v) is 14.5. The Morgan fingerprint density at radius 3 is 1.21 bits per heavy atom. The fourth-order valence-electron chi connectivity index (χ4n) is 11.2. The summed E-state index contributed by atoms with van der Waals surface area (Å²) in [5.41, 5.74) is 15.9. The van der Waals surface area contributed by atoms with Gasteiger partial charge < -0.3 is 13.7 Å². The highest BCUT2D eigenvalue weighted by molar-refractivity contribution is 6.15. The SMILES string of the molecule is c1ccc(-c2cc(-c3nc(-c4ccccn4)nc(-c4ccccn4)n3)cc(-c3ccccc3)c2-n2c3ccc(-n4c5ccccc5c5ccccc54)cc3c3cc(-n4c5ccccc5c5ccccc54)ccc32)cc#1. The number of fused-ring (bicyclic) bond motifs is 9. The number of nitrogens with zero attached hydrogens (tertiary/aromatic N) is 8. The fraction of sp³-hybridized carbons (Fsp3) is 0. The van der Waals surface area contributed by atoms with Gasteiger partial charge in [0.15, 0.2) is 17.5 Å². The number of hydrogen-bond acceptors (Lipinski definition) is 5. The van der Waals surface area contributed by atoms with Crippen molar-refractivity contribution >= 4 is 65.4 Å². The maximum Gasteiger partial charge on any atom is 0.182 e. The molecule has 6 heterocycles. The zero-order valence-corrected chi connectivity index (χ0v) is 40.2. The minimum Gasteiger partial charge on any atom is -0.309 e. The van der Waals surface area contributed by atoms with Crippen molar-refractivity contribution in [1.29, 1.82) is 0 Å². The van der Waals surface area contributed by atoms with E-state index in [4.69, 9.17) is 15.0 Å². The molecule has 0 amide bonds. The fourth-order valence-corrected chi connectivity index (χ4v) is 11.2. The highest BCUT2D eigenvalue weighted by atomic mass is 15.1. The maximum atomic E-state index is 5.18. The van der Waals surface area contributed by atoms with Gasteiger partial charge >= 0.3 is 0 Å². The summed E-state index contributed by atoms with van der Waals surface area (Å²) in [7, 11) is 0. The molecule has 348 valence electrons. The zero-order chi connectivity index (χ0) is 49.4. The van der Waals surface area contributed by atoms with Crippen molar-refractivity contribution in [3.05, 3.63) is 255 Å². The molecular formula is C67H40N8. The molecule has 0 N–H and O–H groups in total. The Hall–Kier alpha value is -10.5. The Morgan fingerprint density at radius 1 is 0.307 bits per heavy atom. The zero-order valence-electron chi connectivity index (χ0n) is 40.2. The minimum absolute atomic E-state index is 0.455. The van der Waals surface area contributed by atoms with Gasteiger partial charge in [-0.3, -0.25) is 9.97 Å². The molecule has 0 fully saturated rings. The predicted octanol–water partition coefficient (Wildman–Crippen LogP) is 15.9. The van der Waals surface area contributed by atoms with Crippen molar-refractivity contribution in [2.24, 2.45) is 0 Å². The summed E-state index contributed by atoms with van der Waals surface area (Å²) < 4.78 is 7.27. The summed E-state index contributed by atoms with van der Waals surface area (Å²) in [5.74, 6) is 1.41. The number of pyridine rings is 2. The van der Waals surface area contributed by atoms with E-state index < -0.39 is 0 Å². The number of para-hydroxylation sites is 4. The molecule has 15 aromatic rings. The first kappa shape index (κ1) is 42.2. The largest absolute Gasteiger partial charge is 0.309 e. The molecule has 0 unspecified atom stereocenters. The van der Waals surface area contributed by atoms with E-state index in [1.54, 1.807) is 12.4 Å². The Morgan fingerprint density at radius 2 is 0.747 bits per heavy atom. The minimum atomic E-state index is 0.455. The summed E-state index contributed by atoms with van der Waals surface area (Å²) in [4.78, 5) is 24.6. The summed E-state index contributed by atoms with van der Waals surface area (Å²) in [6.45, 7) is 0. The van der Waals surface area contributed by atoms with Crippen LogP contribution in [0.1, 0.15) is 0 Å². The van der Waals surface area contributed by atoms with Gasteiger partial charge in [0.25, 0.3) is 0 Å². The van der Waals surface area contributed by atoms with Crippen LogP contribution in [0.3, 0.4) is 0 Å². The average molecular weight is 957 g/mol. The second-order valence-electron chi connectivity index (χ2n) is 18.7. The molecule has 9 aromatic carbocycles. The molecule has 8 nitrogen and oxygen atoms in total. The third-order valence-electron chi connectivity index (χ3n) is 14.5. The highest BCUT2D eigenvalue weighted by Gasteiger charge is 2.25. The van der Waals surface area contributed by atoms with Gasteiger partial charge in [0, 0.05) is 72.8 Å². The average Bonchev–Trinajstić information content (AvgIpc) is 4.13. The van der Waals surface area contributed by atoms with Gasteiger partial charge in [-0.15, -0.1) is 0 Å². The molecule has 0 spiro atoms. The molecule has 6 aromatic heterocycles. The van der Waals surface area contributed by atoms with Crippen molar-refractivity contribution in [1.82, 2.24) is 38.6 Å². The molecule has 0 aliphatic heterocycles. The number of benzene rings is 8. The number of hydrogen-bond donors (Lipinski definition) is 0. The molecule has 15 rings (SSSR count). The van der Waals surface area contributed by atoms with Gasteiger partial charge in [-0.1, -0.05) is 127 Å². The molecule has 0 atom stereocenters. The monoisotopic (exact) mass is 956 g/mol. The second-order valence-corrected chi connectivity index (χ2v) is 18.7. The number of aromatic nitrogens is 8. The maximum absolute atomic E-state index is 5.18. The lowest BCUT2D eigenvalue weighted by molar-refractivity contribution is 1.05. The van der Waals surface area contributed by atoms with Crippen LogP contribution in [0.15, 0.2) is 243 Å². The van der Waals surface area contributed by atoms with Crippen LogP contribution >= 0.6 is 0 Å². The van der Waals surface area contributed by atoms with E-state index in [1.165, 1.54) is 21.5 Å². The van der Waals surface area contributed by atoms with Crippen molar-refractivity contribution in [3.63, 3.8) is 0 Å². The van der Waals surface area contributed by atoms with Crippen LogP contribution in [0.25, 0.3) is 139 Å². The summed E-state index contributed by atoms with van der Waals surface area (Å²) in [5, 5.41) is 7.11. The van der Waals surface area contributed by atoms with Crippen LogP contribution in [-0.4, -0.2) is 38.6 Å². The smallest absolute Gasteiger partial charge is 0.182 e. The Bertz CT molecular complexity index is 4300. The van der Waals surface area contributed by atoms with Crippen LogP contribution in [-0.2, 0) is 0 Å². The molecule has 8 heteroatoms. The van der Waals surface area contributed by atoms with E-state index in [2.05, 4.69) is 218 Å². The first-order chi connectivity index (χ1) is 37.2. The first-order valence-electron chi connectivity index (χ1n) is 25.0. The van der Waals surface area contributed by atoms with E-state index >= 15 is 0 Å². The first-order valence-corrected chi connectivity index (χ1v) is 25.0. The topological polar surface area (TPSA) is 79.2 Å². The standard InChI is InChI=1S/C67H40N8/c1-3-19-43(20-4-1)52-39-45(65-70-66(56-27-15-17-37-68-56)72-67(71-65)57-28-16-18-38-69-57)40-53(44-21-5-2-6-22-44)64(52)75-62-35-33-46(73-58-29-11-7-23-48(58)49-24-8-12-30-59(49)73)41-54(62)55-42-47(34-36-63(55)75)74-60-31-13-9-25-50(60)51-26-10-14-32-61(51)74/h1,3-5,7-42H. The summed E-state index contributed by atoms with van der Waals surface area (Å²) in [6.07, 6.45) is 3.51. The molecule has 0 bridgehead atoms. The van der Waals surface area contributed by atoms with Gasteiger partial charge in [-0.05, 0) is 126 Å². The van der Waals surface area contributed by atoms with E-state index in [0.29, 0.717) is 28.9 Å². The molecular weight excluding hydrogens is 917 g/mol. The lowest BCUT2D eigenvalue weighted by atomic mass is 9.92. The van der Waals surface area contributed by atoms with Crippen molar-refractivity contribution in [2.75, 3.05) is 0 Å². The molecule has 0 saturated heterocycles. The quantitative estimate of drug-likeness (QED) is 0.152. The van der Waals surface area contributed by atoms with Crippen molar-refractivity contribution in [2.45, 2.75) is 0 Å².